The third-order valence-electron chi connectivity index (χ3n) is 5.76. The number of amides is 3. The normalized spacial score (nSPS) is 15.5. The van der Waals surface area contributed by atoms with Gasteiger partial charge in [0.1, 0.15) is 30.2 Å². The summed E-state index contributed by atoms with van der Waals surface area (Å²) >= 11 is 0. The van der Waals surface area contributed by atoms with Crippen molar-refractivity contribution in [3.63, 3.8) is 0 Å². The van der Waals surface area contributed by atoms with E-state index in [2.05, 4.69) is 20.8 Å². The molecule has 0 bridgehead atoms. The molecule has 2 aromatic carbocycles. The average molecular weight is 582 g/mol. The molecule has 1 heterocycles. The summed E-state index contributed by atoms with van der Waals surface area (Å²) in [6.45, 7) is 5.01. The molecular weight excluding hydrogens is 546 g/mol. The molecule has 224 valence electrons. The maximum atomic E-state index is 12.5. The van der Waals surface area contributed by atoms with E-state index in [1.54, 1.807) is 57.2 Å². The Morgan fingerprint density at radius 2 is 1.79 bits per heavy atom. The Hall–Kier alpha value is -4.94. The van der Waals surface area contributed by atoms with Crippen molar-refractivity contribution in [1.29, 1.82) is 0 Å². The monoisotopic (exact) mass is 581 g/mol. The Morgan fingerprint density at radius 3 is 2.43 bits per heavy atom. The van der Waals surface area contributed by atoms with Gasteiger partial charge in [-0.3, -0.25) is 4.79 Å². The maximum absolute atomic E-state index is 12.5. The summed E-state index contributed by atoms with van der Waals surface area (Å²) in [7, 11) is 1.17. The first kappa shape index (κ1) is 31.6. The molecule has 13 heteroatoms. The minimum absolute atomic E-state index is 0.0131. The van der Waals surface area contributed by atoms with E-state index in [-0.39, 0.29) is 25.4 Å². The Kier molecular flexibility index (Phi) is 11.0. The minimum atomic E-state index is -1.15. The van der Waals surface area contributed by atoms with Crippen LogP contribution in [-0.2, 0) is 35.2 Å². The van der Waals surface area contributed by atoms with Gasteiger partial charge in [0.15, 0.2) is 0 Å². The van der Waals surface area contributed by atoms with Gasteiger partial charge in [-0.05, 0) is 31.9 Å². The maximum Gasteiger partial charge on any atom is 0.436 e. The van der Waals surface area contributed by atoms with E-state index in [0.717, 1.165) is 11.1 Å². The zero-order valence-corrected chi connectivity index (χ0v) is 23.9. The van der Waals surface area contributed by atoms with Crippen molar-refractivity contribution < 1.29 is 38.2 Å². The van der Waals surface area contributed by atoms with E-state index in [1.807, 2.05) is 18.2 Å². The fourth-order valence-electron chi connectivity index (χ4n) is 3.73. The number of aliphatic imine (C=N–C) groups is 1. The number of nitrogens with zero attached hydrogens (tertiary/aromatic N) is 2. The highest BCUT2D eigenvalue weighted by Crippen LogP contribution is 2.19. The highest BCUT2D eigenvalue weighted by Gasteiger charge is 2.27. The van der Waals surface area contributed by atoms with Gasteiger partial charge >= 0.3 is 18.2 Å². The molecule has 2 aromatic rings. The molecule has 2 atom stereocenters. The van der Waals surface area contributed by atoms with Gasteiger partial charge in [0.25, 0.3) is 0 Å². The molecule has 1 aliphatic heterocycles. The first-order valence-corrected chi connectivity index (χ1v) is 13.2. The number of alkyl carbamates (subject to hydrolysis) is 1. The first-order chi connectivity index (χ1) is 19.9. The topological polar surface area (TPSA) is 180 Å². The summed E-state index contributed by atoms with van der Waals surface area (Å²) in [6.07, 6.45) is -1.81. The van der Waals surface area contributed by atoms with Gasteiger partial charge in [0.05, 0.1) is 19.2 Å². The molecule has 0 aromatic heterocycles. The second-order valence-corrected chi connectivity index (χ2v) is 10.3. The van der Waals surface area contributed by atoms with Crippen LogP contribution in [0.1, 0.15) is 50.3 Å². The molecule has 4 N–H and O–H groups in total. The highest BCUT2D eigenvalue weighted by molar-refractivity contribution is 6.05. The molecule has 1 aliphatic rings. The number of esters is 1. The van der Waals surface area contributed by atoms with Crippen molar-refractivity contribution in [1.82, 2.24) is 10.6 Å². The van der Waals surface area contributed by atoms with E-state index >= 15 is 0 Å². The Morgan fingerprint density at radius 1 is 1.10 bits per heavy atom. The van der Waals surface area contributed by atoms with E-state index in [9.17, 15) is 19.2 Å². The average Bonchev–Trinajstić information content (AvgIpc) is 3.41. The van der Waals surface area contributed by atoms with Gasteiger partial charge < -0.3 is 35.4 Å². The number of benzene rings is 2. The molecule has 0 fully saturated rings. The Balaban J connectivity index is 1.46. The summed E-state index contributed by atoms with van der Waals surface area (Å²) in [5.41, 5.74) is 7.92. The number of methoxy groups -OCH3 is 1. The van der Waals surface area contributed by atoms with E-state index in [4.69, 9.17) is 24.8 Å². The van der Waals surface area contributed by atoms with E-state index < -0.39 is 41.8 Å². The Labute approximate surface area is 243 Å². The lowest BCUT2D eigenvalue weighted by molar-refractivity contribution is -0.143. The van der Waals surface area contributed by atoms with Crippen molar-refractivity contribution >= 4 is 35.6 Å². The van der Waals surface area contributed by atoms with E-state index in [0.29, 0.717) is 17.7 Å². The number of hydrogen-bond donors (Lipinski definition) is 3. The number of amidine groups is 1. The highest BCUT2D eigenvalue weighted by atomic mass is 16.6. The molecule has 0 saturated carbocycles. The van der Waals surface area contributed by atoms with E-state index in [1.165, 1.54) is 7.11 Å². The van der Waals surface area contributed by atoms with Gasteiger partial charge in [-0.1, -0.05) is 59.8 Å². The van der Waals surface area contributed by atoms with Crippen molar-refractivity contribution in [2.45, 2.75) is 58.0 Å². The van der Waals surface area contributed by atoms with Crippen LogP contribution in [0, 0.1) is 0 Å². The summed E-state index contributed by atoms with van der Waals surface area (Å²) in [5, 5.41) is 9.08. The molecule has 1 unspecified atom stereocenters. The predicted octanol–water partition coefficient (Wildman–Crippen LogP) is 2.79. The largest absolute Gasteiger partial charge is 0.467 e. The summed E-state index contributed by atoms with van der Waals surface area (Å²) in [6, 6.07) is 14.8. The molecule has 0 saturated heterocycles. The predicted molar refractivity (Wildman–Crippen MR) is 153 cm³/mol. The van der Waals surface area contributed by atoms with Gasteiger partial charge in [-0.25, -0.2) is 14.4 Å². The molecule has 42 heavy (non-hydrogen) atoms. The van der Waals surface area contributed by atoms with Crippen molar-refractivity contribution in [3.05, 3.63) is 71.3 Å². The summed E-state index contributed by atoms with van der Waals surface area (Å²) in [5.74, 6) is -1.14. The standard InChI is InChI=1S/C29H35N5O8/c1-29(2,3)41-28(38)33-25(30)20-12-10-19(11-13-20)22-14-21(42-34-22)15-24(35)31-16-23(26(36)39-4)32-27(37)40-17-18-8-6-5-7-9-18/h5-13,21,23H,14-17H2,1-4H3,(H,31,35)(H,32,37)(H2,30,33,38)/t21?,23-/m0/s1. The molecule has 13 nitrogen and oxygen atoms in total. The summed E-state index contributed by atoms with van der Waals surface area (Å²) < 4.78 is 15.0. The molecule has 0 spiro atoms. The van der Waals surface area contributed by atoms with Crippen LogP contribution < -0.4 is 16.4 Å². The third-order valence-corrected chi connectivity index (χ3v) is 5.76. The lowest BCUT2D eigenvalue weighted by Crippen LogP contribution is -2.49. The fourth-order valence-corrected chi connectivity index (χ4v) is 3.73. The second kappa shape index (κ2) is 14.6. The lowest BCUT2D eigenvalue weighted by Gasteiger charge is -2.17. The molecule has 0 aliphatic carbocycles. The quantitative estimate of drug-likeness (QED) is 0.165. The molecular formula is C29H35N5O8. The van der Waals surface area contributed by atoms with Crippen LogP contribution >= 0.6 is 0 Å². The van der Waals surface area contributed by atoms with Crippen LogP contribution in [-0.4, -0.2) is 67.0 Å². The van der Waals surface area contributed by atoms with Crippen LogP contribution in [0.2, 0.25) is 0 Å². The second-order valence-electron chi connectivity index (χ2n) is 10.3. The zero-order valence-electron chi connectivity index (χ0n) is 23.9. The SMILES string of the molecule is COC(=O)[C@H](CNC(=O)CC1CC(c2ccc(/C(N)=N\C(=O)OC(C)(C)C)cc2)=NO1)NC(=O)OCc1ccccc1. The van der Waals surface area contributed by atoms with Crippen molar-refractivity contribution in [2.75, 3.05) is 13.7 Å². The van der Waals surface area contributed by atoms with Crippen LogP contribution in [0.3, 0.4) is 0 Å². The number of nitrogens with one attached hydrogen (secondary N) is 2. The first-order valence-electron chi connectivity index (χ1n) is 13.2. The fraction of sp³-hybridized carbons (Fsp3) is 0.379. The number of carbonyl (C=O) groups excluding carboxylic acids is 4. The number of carbonyl (C=O) groups is 4. The number of hydrogen-bond acceptors (Lipinski definition) is 9. The number of rotatable bonds is 10. The summed E-state index contributed by atoms with van der Waals surface area (Å²) in [4.78, 5) is 57.9. The third kappa shape index (κ3) is 10.2. The molecule has 3 rings (SSSR count). The lowest BCUT2D eigenvalue weighted by atomic mass is 10.0. The minimum Gasteiger partial charge on any atom is -0.467 e. The zero-order chi connectivity index (χ0) is 30.7. The van der Waals surface area contributed by atoms with Crippen LogP contribution in [0.4, 0.5) is 9.59 Å². The Bertz CT molecular complexity index is 1320. The number of oxime groups is 1. The smallest absolute Gasteiger partial charge is 0.436 e. The van der Waals surface area contributed by atoms with Gasteiger partial charge in [-0.15, -0.1) is 0 Å². The van der Waals surface area contributed by atoms with Crippen molar-refractivity contribution in [2.24, 2.45) is 15.9 Å². The van der Waals surface area contributed by atoms with Crippen LogP contribution in [0.5, 0.6) is 0 Å². The number of ether oxygens (including phenoxy) is 3. The number of nitrogens with two attached hydrogens (primary N) is 1. The van der Waals surface area contributed by atoms with Crippen LogP contribution in [0.15, 0.2) is 64.7 Å². The van der Waals surface area contributed by atoms with Crippen molar-refractivity contribution in [3.8, 4) is 0 Å². The van der Waals surface area contributed by atoms with Gasteiger partial charge in [-0.2, -0.15) is 4.99 Å². The molecule has 0 radical (unpaired) electrons. The van der Waals surface area contributed by atoms with Gasteiger partial charge in [0, 0.05) is 18.5 Å². The van der Waals surface area contributed by atoms with Gasteiger partial charge in [0.2, 0.25) is 5.91 Å². The van der Waals surface area contributed by atoms with Crippen LogP contribution in [0.25, 0.3) is 0 Å². The molecule has 3 amide bonds.